The standard InChI is InChI=1S/C6H13BrSi/c1-8(7)5-3-2-4-6-8/h2-6H2,1H3. The van der Waals surface area contributed by atoms with E-state index >= 15 is 0 Å². The minimum absolute atomic E-state index is 0.778. The van der Waals surface area contributed by atoms with Crippen LogP contribution in [0.25, 0.3) is 0 Å². The van der Waals surface area contributed by atoms with Crippen LogP contribution in [-0.2, 0) is 0 Å². The van der Waals surface area contributed by atoms with Gasteiger partial charge < -0.3 is 0 Å². The average Bonchev–Trinajstić information content (AvgIpc) is 1.65. The summed E-state index contributed by atoms with van der Waals surface area (Å²) in [5.41, 5.74) is 0. The monoisotopic (exact) mass is 192 g/mol. The van der Waals surface area contributed by atoms with E-state index in [2.05, 4.69) is 21.8 Å². The Balaban J connectivity index is 2.33. The molecule has 0 spiro atoms. The third-order valence-electron chi connectivity index (χ3n) is 1.90. The van der Waals surface area contributed by atoms with Gasteiger partial charge in [-0.05, 0) is 12.1 Å². The molecule has 0 amide bonds. The van der Waals surface area contributed by atoms with E-state index in [9.17, 15) is 0 Å². The zero-order valence-electron chi connectivity index (χ0n) is 5.41. The maximum atomic E-state index is 3.83. The van der Waals surface area contributed by atoms with Crippen molar-refractivity contribution < 1.29 is 0 Å². The zero-order valence-corrected chi connectivity index (χ0v) is 8.00. The first-order valence-electron chi connectivity index (χ1n) is 3.40. The summed E-state index contributed by atoms with van der Waals surface area (Å²) >= 11 is 3.83. The molecule has 0 nitrogen and oxygen atoms in total. The Kier molecular flexibility index (Phi) is 2.15. The maximum Gasteiger partial charge on any atom is 0.127 e. The predicted molar refractivity (Wildman–Crippen MR) is 44.0 cm³/mol. The van der Waals surface area contributed by atoms with Crippen molar-refractivity contribution in [2.75, 3.05) is 0 Å². The van der Waals surface area contributed by atoms with Crippen molar-refractivity contribution in [3.8, 4) is 0 Å². The molecule has 0 aromatic carbocycles. The molecule has 0 saturated carbocycles. The molecular weight excluding hydrogens is 180 g/mol. The van der Waals surface area contributed by atoms with Crippen LogP contribution < -0.4 is 0 Å². The number of rotatable bonds is 0. The molecule has 0 atom stereocenters. The first-order chi connectivity index (χ1) is 3.71. The summed E-state index contributed by atoms with van der Waals surface area (Å²) in [7, 11) is 0. The Labute approximate surface area is 60.3 Å². The van der Waals surface area contributed by atoms with E-state index in [-0.39, 0.29) is 0 Å². The van der Waals surface area contributed by atoms with E-state index < -0.39 is 6.69 Å². The maximum absolute atomic E-state index is 3.83. The molecule has 8 heavy (non-hydrogen) atoms. The van der Waals surface area contributed by atoms with Gasteiger partial charge in [0.1, 0.15) is 6.69 Å². The first kappa shape index (κ1) is 6.81. The van der Waals surface area contributed by atoms with E-state index in [1.807, 2.05) is 0 Å². The summed E-state index contributed by atoms with van der Waals surface area (Å²) in [6, 6.07) is 3.01. The van der Waals surface area contributed by atoms with Crippen molar-refractivity contribution in [2.45, 2.75) is 37.9 Å². The molecule has 1 saturated heterocycles. The number of hydrogen-bond donors (Lipinski definition) is 0. The van der Waals surface area contributed by atoms with Gasteiger partial charge in [0, 0.05) is 0 Å². The van der Waals surface area contributed by atoms with Gasteiger partial charge in [-0.3, -0.25) is 0 Å². The molecule has 1 rings (SSSR count). The Morgan fingerprint density at radius 3 is 1.88 bits per heavy atom. The third kappa shape index (κ3) is 1.90. The highest BCUT2D eigenvalue weighted by Crippen LogP contribution is 2.32. The minimum Gasteiger partial charge on any atom is -0.126 e. The Morgan fingerprint density at radius 1 is 1.12 bits per heavy atom. The van der Waals surface area contributed by atoms with Gasteiger partial charge >= 0.3 is 0 Å². The first-order valence-corrected chi connectivity index (χ1v) is 8.57. The van der Waals surface area contributed by atoms with Crippen molar-refractivity contribution in [2.24, 2.45) is 0 Å². The quantitative estimate of drug-likeness (QED) is 0.409. The Bertz CT molecular complexity index is 72.6. The molecule has 0 unspecified atom stereocenters. The van der Waals surface area contributed by atoms with Crippen molar-refractivity contribution in [1.82, 2.24) is 0 Å². The molecule has 0 N–H and O–H groups in total. The van der Waals surface area contributed by atoms with Crippen LogP contribution in [0.3, 0.4) is 0 Å². The molecule has 0 aliphatic carbocycles. The lowest BCUT2D eigenvalue weighted by atomic mass is 10.3. The fourth-order valence-electron chi connectivity index (χ4n) is 1.29. The van der Waals surface area contributed by atoms with E-state index in [0.29, 0.717) is 0 Å². The van der Waals surface area contributed by atoms with Crippen LogP contribution >= 0.6 is 15.3 Å². The average molecular weight is 193 g/mol. The number of halogens is 1. The van der Waals surface area contributed by atoms with Crippen LogP contribution in [0, 0.1) is 0 Å². The largest absolute Gasteiger partial charge is 0.127 e. The van der Waals surface area contributed by atoms with Crippen molar-refractivity contribution in [1.29, 1.82) is 0 Å². The van der Waals surface area contributed by atoms with Gasteiger partial charge in [0.05, 0.1) is 0 Å². The lowest BCUT2D eigenvalue weighted by Gasteiger charge is -2.24. The van der Waals surface area contributed by atoms with E-state index in [1.54, 1.807) is 0 Å². The van der Waals surface area contributed by atoms with E-state index in [4.69, 9.17) is 0 Å². The predicted octanol–water partition coefficient (Wildman–Crippen LogP) is 3.14. The van der Waals surface area contributed by atoms with Crippen LogP contribution in [0.15, 0.2) is 0 Å². The SMILES string of the molecule is C[Si]1(Br)CCCCC1. The molecule has 0 radical (unpaired) electrons. The zero-order chi connectivity index (χ0) is 6.04. The Morgan fingerprint density at radius 2 is 1.62 bits per heavy atom. The molecule has 1 aliphatic rings. The smallest absolute Gasteiger partial charge is 0.126 e. The summed E-state index contributed by atoms with van der Waals surface area (Å²) in [6.45, 7) is 1.66. The second-order valence-corrected chi connectivity index (χ2v) is 12.5. The molecule has 2 heteroatoms. The normalized spacial score (nSPS) is 27.8. The van der Waals surface area contributed by atoms with E-state index in [1.165, 1.54) is 31.4 Å². The minimum atomic E-state index is -0.778. The topological polar surface area (TPSA) is 0 Å². The second kappa shape index (κ2) is 2.52. The van der Waals surface area contributed by atoms with Crippen LogP contribution in [0.1, 0.15) is 19.3 Å². The highest BCUT2D eigenvalue weighted by molar-refractivity contribution is 9.26. The summed E-state index contributed by atoms with van der Waals surface area (Å²) in [5.74, 6) is 0. The fraction of sp³-hybridized carbons (Fsp3) is 1.00. The van der Waals surface area contributed by atoms with Gasteiger partial charge in [0.2, 0.25) is 0 Å². The summed E-state index contributed by atoms with van der Waals surface area (Å²) in [4.78, 5) is 0. The molecule has 0 aromatic heterocycles. The van der Waals surface area contributed by atoms with Crippen molar-refractivity contribution in [3.63, 3.8) is 0 Å². The van der Waals surface area contributed by atoms with Gasteiger partial charge in [-0.2, -0.15) is 0 Å². The lowest BCUT2D eigenvalue weighted by Crippen LogP contribution is -2.23. The molecule has 0 aromatic rings. The van der Waals surface area contributed by atoms with Crippen LogP contribution in [0.2, 0.25) is 18.6 Å². The third-order valence-corrected chi connectivity index (χ3v) is 7.07. The van der Waals surface area contributed by atoms with E-state index in [0.717, 1.165) is 0 Å². The molecule has 0 bridgehead atoms. The highest BCUT2D eigenvalue weighted by Gasteiger charge is 2.25. The molecule has 1 fully saturated rings. The van der Waals surface area contributed by atoms with Crippen LogP contribution in [-0.4, -0.2) is 6.69 Å². The molecule has 1 heterocycles. The van der Waals surface area contributed by atoms with Crippen molar-refractivity contribution >= 4 is 22.0 Å². The molecule has 48 valence electrons. The van der Waals surface area contributed by atoms with Crippen molar-refractivity contribution in [3.05, 3.63) is 0 Å². The summed E-state index contributed by atoms with van der Waals surface area (Å²) in [5, 5.41) is 0. The van der Waals surface area contributed by atoms with Crippen LogP contribution in [0.4, 0.5) is 0 Å². The summed E-state index contributed by atoms with van der Waals surface area (Å²) in [6.07, 6.45) is 4.44. The Hall–Kier alpha value is 0.697. The second-order valence-electron chi connectivity index (χ2n) is 2.97. The lowest BCUT2D eigenvalue weighted by molar-refractivity contribution is 0.722. The molecular formula is C6H13BrSi. The molecule has 1 aliphatic heterocycles. The van der Waals surface area contributed by atoms with Crippen LogP contribution in [0.5, 0.6) is 0 Å². The highest BCUT2D eigenvalue weighted by atomic mass is 79.9. The summed E-state index contributed by atoms with van der Waals surface area (Å²) < 4.78 is 0. The van der Waals surface area contributed by atoms with Gasteiger partial charge in [-0.1, -0.05) is 25.8 Å². The van der Waals surface area contributed by atoms with Gasteiger partial charge in [0.25, 0.3) is 0 Å². The van der Waals surface area contributed by atoms with Gasteiger partial charge in [-0.25, -0.2) is 0 Å². The van der Waals surface area contributed by atoms with Gasteiger partial charge in [0.15, 0.2) is 0 Å². The fourth-order valence-corrected chi connectivity index (χ4v) is 5.20. The number of hydrogen-bond acceptors (Lipinski definition) is 0. The van der Waals surface area contributed by atoms with Gasteiger partial charge in [-0.15, -0.1) is 15.3 Å².